The molecule has 7 nitrogen and oxygen atoms in total. The van der Waals surface area contributed by atoms with Crippen molar-refractivity contribution in [1.29, 1.82) is 0 Å². The summed E-state index contributed by atoms with van der Waals surface area (Å²) in [5, 5.41) is 22.4. The molecule has 8 heteroatoms. The SMILES string of the molecule is CCCCSC1=CC([N+](=O)[O-])=C2C(=Cc3cc([N+](=O)[O-])ccc32)C1=O. The predicted octanol–water partition coefficient (Wildman–Crippen LogP) is 3.98. The second-order valence-corrected chi connectivity index (χ2v) is 6.78. The van der Waals surface area contributed by atoms with Gasteiger partial charge in [0.2, 0.25) is 0 Å². The first kappa shape index (κ1) is 17.1. The van der Waals surface area contributed by atoms with Crippen LogP contribution in [0.2, 0.25) is 0 Å². The van der Waals surface area contributed by atoms with Gasteiger partial charge in [-0.3, -0.25) is 25.0 Å². The van der Waals surface area contributed by atoms with E-state index in [1.165, 1.54) is 42.1 Å². The van der Waals surface area contributed by atoms with Gasteiger partial charge >= 0.3 is 0 Å². The maximum Gasteiger partial charge on any atom is 0.279 e. The molecular weight excluding hydrogens is 344 g/mol. The summed E-state index contributed by atoms with van der Waals surface area (Å²) >= 11 is 1.31. The highest BCUT2D eigenvalue weighted by Gasteiger charge is 2.37. The summed E-state index contributed by atoms with van der Waals surface area (Å²) in [5.41, 5.74) is 1.17. The number of nitro groups is 2. The van der Waals surface area contributed by atoms with Crippen LogP contribution in [0.1, 0.15) is 30.9 Å². The van der Waals surface area contributed by atoms with Crippen LogP contribution in [0.3, 0.4) is 0 Å². The van der Waals surface area contributed by atoms with E-state index in [0.717, 1.165) is 12.8 Å². The number of non-ortho nitro benzene ring substituents is 1. The van der Waals surface area contributed by atoms with Crippen LogP contribution in [-0.2, 0) is 4.79 Å². The normalized spacial score (nSPS) is 15.5. The van der Waals surface area contributed by atoms with E-state index in [2.05, 4.69) is 0 Å². The fourth-order valence-corrected chi connectivity index (χ4v) is 3.90. The van der Waals surface area contributed by atoms with Gasteiger partial charge in [0.25, 0.3) is 11.4 Å². The molecule has 0 saturated heterocycles. The molecule has 3 rings (SSSR count). The van der Waals surface area contributed by atoms with Gasteiger partial charge in [0, 0.05) is 23.8 Å². The molecule has 0 radical (unpaired) electrons. The number of Topliss-reactive ketones (excluding diaryl/α,β-unsaturated/α-hetero) is 1. The zero-order chi connectivity index (χ0) is 18.1. The van der Waals surface area contributed by atoms with E-state index in [1.54, 1.807) is 0 Å². The largest absolute Gasteiger partial charge is 0.288 e. The highest BCUT2D eigenvalue weighted by molar-refractivity contribution is 8.04. The van der Waals surface area contributed by atoms with Crippen molar-refractivity contribution in [2.45, 2.75) is 19.8 Å². The molecule has 0 saturated carbocycles. The van der Waals surface area contributed by atoms with E-state index in [4.69, 9.17) is 0 Å². The summed E-state index contributed by atoms with van der Waals surface area (Å²) in [5.74, 6) is 0.445. The molecule has 0 amide bonds. The van der Waals surface area contributed by atoms with Gasteiger partial charge in [-0.25, -0.2) is 0 Å². The third-order valence-corrected chi connectivity index (χ3v) is 5.14. The molecule has 0 aromatic heterocycles. The predicted molar refractivity (Wildman–Crippen MR) is 95.4 cm³/mol. The monoisotopic (exact) mass is 358 g/mol. The fourth-order valence-electron chi connectivity index (χ4n) is 2.81. The van der Waals surface area contributed by atoms with E-state index < -0.39 is 9.85 Å². The number of thioether (sulfide) groups is 1. The lowest BCUT2D eigenvalue weighted by molar-refractivity contribution is -0.418. The summed E-state index contributed by atoms with van der Waals surface area (Å²) in [4.78, 5) is 34.5. The summed E-state index contributed by atoms with van der Waals surface area (Å²) in [6.07, 6.45) is 4.71. The lowest BCUT2D eigenvalue weighted by Gasteiger charge is -2.14. The minimum absolute atomic E-state index is 0.115. The van der Waals surface area contributed by atoms with Gasteiger partial charge in [-0.2, -0.15) is 0 Å². The first-order valence-electron chi connectivity index (χ1n) is 7.72. The molecule has 0 fully saturated rings. The minimum Gasteiger partial charge on any atom is -0.288 e. The summed E-state index contributed by atoms with van der Waals surface area (Å²) in [7, 11) is 0. The van der Waals surface area contributed by atoms with E-state index in [0.29, 0.717) is 21.8 Å². The summed E-state index contributed by atoms with van der Waals surface area (Å²) < 4.78 is 0. The first-order chi connectivity index (χ1) is 11.9. The molecule has 0 N–H and O–H groups in total. The van der Waals surface area contributed by atoms with Crippen LogP contribution >= 0.6 is 11.8 Å². The molecule has 0 aliphatic heterocycles. The third-order valence-electron chi connectivity index (χ3n) is 4.03. The van der Waals surface area contributed by atoms with E-state index in [9.17, 15) is 25.0 Å². The molecule has 0 unspecified atom stereocenters. The molecule has 2 aliphatic rings. The zero-order valence-corrected chi connectivity index (χ0v) is 14.2. The Balaban J connectivity index is 2.10. The summed E-state index contributed by atoms with van der Waals surface area (Å²) in [6, 6.07) is 4.09. The molecule has 25 heavy (non-hydrogen) atoms. The van der Waals surface area contributed by atoms with Gasteiger partial charge in [0.1, 0.15) is 0 Å². The number of nitrogens with zero attached hydrogens (tertiary/aromatic N) is 2. The van der Waals surface area contributed by atoms with Crippen molar-refractivity contribution in [1.82, 2.24) is 0 Å². The van der Waals surface area contributed by atoms with Gasteiger partial charge in [0.05, 0.1) is 20.3 Å². The number of carbonyl (C=O) groups excluding carboxylic acids is 1. The van der Waals surface area contributed by atoms with Crippen molar-refractivity contribution < 1.29 is 14.6 Å². The fraction of sp³-hybridized carbons (Fsp3) is 0.235. The van der Waals surface area contributed by atoms with Crippen molar-refractivity contribution in [3.05, 3.63) is 71.8 Å². The lowest BCUT2D eigenvalue weighted by atomic mass is 9.93. The number of hydrogen-bond donors (Lipinski definition) is 0. The van der Waals surface area contributed by atoms with Crippen LogP contribution in [0.25, 0.3) is 11.6 Å². The first-order valence-corrected chi connectivity index (χ1v) is 8.71. The molecule has 0 atom stereocenters. The Hall–Kier alpha value is -2.74. The highest BCUT2D eigenvalue weighted by atomic mass is 32.2. The molecular formula is C17H14N2O5S. The highest BCUT2D eigenvalue weighted by Crippen LogP contribution is 2.45. The average Bonchev–Trinajstić information content (AvgIpc) is 2.95. The Labute approximate surface area is 147 Å². The maximum absolute atomic E-state index is 12.7. The van der Waals surface area contributed by atoms with Gasteiger partial charge in [-0.05, 0) is 35.4 Å². The minimum atomic E-state index is -0.532. The topological polar surface area (TPSA) is 103 Å². The molecule has 1 aromatic carbocycles. The van der Waals surface area contributed by atoms with Crippen molar-refractivity contribution in [3.63, 3.8) is 0 Å². The number of hydrogen-bond acceptors (Lipinski definition) is 6. The number of fused-ring (bicyclic) bond motifs is 3. The van der Waals surface area contributed by atoms with Gasteiger partial charge < -0.3 is 0 Å². The molecule has 1 aromatic rings. The smallest absolute Gasteiger partial charge is 0.279 e. The van der Waals surface area contributed by atoms with Crippen LogP contribution < -0.4 is 0 Å². The quantitative estimate of drug-likeness (QED) is 0.433. The Morgan fingerprint density at radius 1 is 1.12 bits per heavy atom. The van der Waals surface area contributed by atoms with E-state index in [1.807, 2.05) is 6.92 Å². The number of nitro benzene ring substituents is 1. The van der Waals surface area contributed by atoms with E-state index >= 15 is 0 Å². The molecule has 2 aliphatic carbocycles. The summed E-state index contributed by atoms with van der Waals surface area (Å²) in [6.45, 7) is 2.03. The Morgan fingerprint density at radius 2 is 1.88 bits per heavy atom. The molecule has 0 bridgehead atoms. The van der Waals surface area contributed by atoms with Gasteiger partial charge in [0.15, 0.2) is 5.78 Å². The van der Waals surface area contributed by atoms with Gasteiger partial charge in [-0.1, -0.05) is 13.3 Å². The Morgan fingerprint density at radius 3 is 2.52 bits per heavy atom. The number of unbranched alkanes of at least 4 members (excludes halogenated alkanes) is 1. The van der Waals surface area contributed by atoms with Crippen LogP contribution in [0.5, 0.6) is 0 Å². The maximum atomic E-state index is 12.7. The third kappa shape index (κ3) is 3.00. The standard InChI is InChI=1S/C17H14N2O5S/c1-2-3-6-25-15-9-14(19(23)24)16-12-5-4-11(18(21)22)7-10(12)8-13(16)17(15)20/h4-5,7-9H,2-3,6H2,1H3. The van der Waals surface area contributed by atoms with Crippen molar-refractivity contribution in [2.75, 3.05) is 5.75 Å². The van der Waals surface area contributed by atoms with E-state index in [-0.39, 0.29) is 28.3 Å². The second-order valence-electron chi connectivity index (χ2n) is 5.64. The zero-order valence-electron chi connectivity index (χ0n) is 13.4. The van der Waals surface area contributed by atoms with Crippen LogP contribution in [0, 0.1) is 20.2 Å². The number of ketones is 1. The number of allylic oxidation sites excluding steroid dienone is 4. The Bertz CT molecular complexity index is 898. The van der Waals surface area contributed by atoms with Gasteiger partial charge in [-0.15, -0.1) is 11.8 Å². The van der Waals surface area contributed by atoms with Crippen LogP contribution in [-0.4, -0.2) is 21.4 Å². The molecule has 0 spiro atoms. The number of carbonyl (C=O) groups is 1. The lowest BCUT2D eigenvalue weighted by Crippen LogP contribution is -2.14. The number of rotatable bonds is 6. The van der Waals surface area contributed by atoms with Crippen LogP contribution in [0.15, 0.2) is 40.5 Å². The van der Waals surface area contributed by atoms with Crippen molar-refractivity contribution >= 4 is 34.9 Å². The molecule has 0 heterocycles. The number of benzene rings is 1. The Kier molecular flexibility index (Phi) is 4.54. The van der Waals surface area contributed by atoms with Crippen molar-refractivity contribution in [2.24, 2.45) is 0 Å². The second kappa shape index (κ2) is 6.64. The van der Waals surface area contributed by atoms with Crippen molar-refractivity contribution in [3.8, 4) is 0 Å². The van der Waals surface area contributed by atoms with Crippen LogP contribution in [0.4, 0.5) is 5.69 Å². The molecule has 128 valence electrons. The average molecular weight is 358 g/mol.